The summed E-state index contributed by atoms with van der Waals surface area (Å²) in [4.78, 5) is 0. The van der Waals surface area contributed by atoms with Crippen LogP contribution in [0, 0.1) is 13.8 Å². The molecule has 1 aromatic carbocycles. The summed E-state index contributed by atoms with van der Waals surface area (Å²) in [6.45, 7) is 4.78. The van der Waals surface area contributed by atoms with Crippen LogP contribution >= 0.6 is 0 Å². The van der Waals surface area contributed by atoms with Crippen LogP contribution in [-0.4, -0.2) is 17.3 Å². The molecule has 2 rings (SSSR count). The second-order valence-electron chi connectivity index (χ2n) is 4.01. The number of ether oxygens (including phenoxy) is 1. The summed E-state index contributed by atoms with van der Waals surface area (Å²) in [6.07, 6.45) is 0. The first-order chi connectivity index (χ1) is 8.20. The van der Waals surface area contributed by atoms with E-state index in [0.717, 1.165) is 29.4 Å². The first-order valence-corrected chi connectivity index (χ1v) is 5.59. The van der Waals surface area contributed by atoms with Crippen LogP contribution in [0.3, 0.4) is 0 Å². The molecule has 2 N–H and O–H groups in total. The number of methoxy groups -OCH3 is 1. The second-order valence-corrected chi connectivity index (χ2v) is 4.01. The molecule has 0 unspecified atom stereocenters. The molecule has 1 aromatic heterocycles. The molecule has 4 nitrogen and oxygen atoms in total. The van der Waals surface area contributed by atoms with Crippen molar-refractivity contribution in [1.82, 2.24) is 10.2 Å². The fourth-order valence-corrected chi connectivity index (χ4v) is 1.75. The molecular weight excluding hydrogens is 214 g/mol. The van der Waals surface area contributed by atoms with Crippen molar-refractivity contribution in [2.75, 3.05) is 12.4 Å². The molecule has 0 fully saturated rings. The highest BCUT2D eigenvalue weighted by Crippen LogP contribution is 2.18. The maximum atomic E-state index is 5.12. The van der Waals surface area contributed by atoms with Crippen LogP contribution in [-0.2, 0) is 6.54 Å². The van der Waals surface area contributed by atoms with Gasteiger partial charge in [-0.3, -0.25) is 5.10 Å². The highest BCUT2D eigenvalue weighted by atomic mass is 16.5. The van der Waals surface area contributed by atoms with Gasteiger partial charge in [0.25, 0.3) is 0 Å². The highest BCUT2D eigenvalue weighted by Gasteiger charge is 2.05. The molecule has 4 heteroatoms. The molecule has 0 amide bonds. The average molecular weight is 231 g/mol. The van der Waals surface area contributed by atoms with E-state index in [2.05, 4.69) is 27.6 Å². The van der Waals surface area contributed by atoms with Gasteiger partial charge in [0.1, 0.15) is 5.75 Å². The van der Waals surface area contributed by atoms with Crippen molar-refractivity contribution in [1.29, 1.82) is 0 Å². The molecule has 0 bridgehead atoms. The Morgan fingerprint density at radius 1 is 1.24 bits per heavy atom. The van der Waals surface area contributed by atoms with Gasteiger partial charge in [-0.05, 0) is 31.5 Å². The van der Waals surface area contributed by atoms with E-state index in [1.165, 1.54) is 5.56 Å². The summed E-state index contributed by atoms with van der Waals surface area (Å²) in [6, 6.07) is 8.03. The van der Waals surface area contributed by atoms with Gasteiger partial charge in [0, 0.05) is 6.54 Å². The van der Waals surface area contributed by atoms with Crippen molar-refractivity contribution in [3.05, 3.63) is 41.2 Å². The molecule has 90 valence electrons. The molecule has 1 heterocycles. The lowest BCUT2D eigenvalue weighted by molar-refractivity contribution is 0.414. The predicted octanol–water partition coefficient (Wildman–Crippen LogP) is 2.65. The van der Waals surface area contributed by atoms with Gasteiger partial charge in [0.05, 0.1) is 24.2 Å². The Morgan fingerprint density at radius 3 is 2.47 bits per heavy atom. The highest BCUT2D eigenvalue weighted by molar-refractivity contribution is 5.51. The Labute approximate surface area is 101 Å². The van der Waals surface area contributed by atoms with Gasteiger partial charge < -0.3 is 10.1 Å². The number of H-pyrrole nitrogens is 1. The number of benzene rings is 1. The van der Waals surface area contributed by atoms with Crippen molar-refractivity contribution in [2.24, 2.45) is 0 Å². The zero-order valence-electron chi connectivity index (χ0n) is 10.4. The predicted molar refractivity (Wildman–Crippen MR) is 68.4 cm³/mol. The normalized spacial score (nSPS) is 10.3. The molecule has 0 aliphatic heterocycles. The summed E-state index contributed by atoms with van der Waals surface area (Å²) in [5, 5.41) is 10.5. The minimum absolute atomic E-state index is 0.783. The standard InChI is InChI=1S/C13H17N3O/c1-9-13(10(2)16-15-9)14-8-11-4-6-12(17-3)7-5-11/h4-7,14H,8H2,1-3H3,(H,15,16). The van der Waals surface area contributed by atoms with Crippen molar-refractivity contribution in [3.8, 4) is 5.75 Å². The van der Waals surface area contributed by atoms with Crippen molar-refractivity contribution in [2.45, 2.75) is 20.4 Å². The van der Waals surface area contributed by atoms with Gasteiger partial charge >= 0.3 is 0 Å². The number of nitrogens with zero attached hydrogens (tertiary/aromatic N) is 1. The third-order valence-corrected chi connectivity index (χ3v) is 2.76. The number of hydrogen-bond donors (Lipinski definition) is 2. The summed E-state index contributed by atoms with van der Waals surface area (Å²) >= 11 is 0. The van der Waals surface area contributed by atoms with E-state index in [9.17, 15) is 0 Å². The van der Waals surface area contributed by atoms with Gasteiger partial charge in [0.15, 0.2) is 0 Å². The van der Waals surface area contributed by atoms with E-state index >= 15 is 0 Å². The SMILES string of the molecule is COc1ccc(CNc2c(C)n[nH]c2C)cc1. The molecule has 0 aliphatic rings. The lowest BCUT2D eigenvalue weighted by Crippen LogP contribution is -2.01. The van der Waals surface area contributed by atoms with Crippen LogP contribution in [0.5, 0.6) is 5.75 Å². The molecule has 0 spiro atoms. The van der Waals surface area contributed by atoms with Gasteiger partial charge in [-0.15, -0.1) is 0 Å². The van der Waals surface area contributed by atoms with Crippen molar-refractivity contribution in [3.63, 3.8) is 0 Å². The molecule has 0 aliphatic carbocycles. The van der Waals surface area contributed by atoms with Gasteiger partial charge in [-0.1, -0.05) is 12.1 Å². The van der Waals surface area contributed by atoms with Crippen LogP contribution in [0.25, 0.3) is 0 Å². The summed E-state index contributed by atoms with van der Waals surface area (Å²) in [7, 11) is 1.67. The van der Waals surface area contributed by atoms with E-state index in [4.69, 9.17) is 4.74 Å². The largest absolute Gasteiger partial charge is 0.497 e. The third-order valence-electron chi connectivity index (χ3n) is 2.76. The van der Waals surface area contributed by atoms with Crippen LogP contribution in [0.1, 0.15) is 17.0 Å². The first-order valence-electron chi connectivity index (χ1n) is 5.59. The van der Waals surface area contributed by atoms with E-state index in [-0.39, 0.29) is 0 Å². The second kappa shape index (κ2) is 4.91. The van der Waals surface area contributed by atoms with Crippen LogP contribution in [0.15, 0.2) is 24.3 Å². The fourth-order valence-electron chi connectivity index (χ4n) is 1.75. The molecule has 0 saturated heterocycles. The first kappa shape index (κ1) is 11.5. The monoisotopic (exact) mass is 231 g/mol. The zero-order chi connectivity index (χ0) is 12.3. The topological polar surface area (TPSA) is 49.9 Å². The maximum absolute atomic E-state index is 5.12. The number of hydrogen-bond acceptors (Lipinski definition) is 3. The van der Waals surface area contributed by atoms with Crippen LogP contribution in [0.2, 0.25) is 0 Å². The Balaban J connectivity index is 2.02. The number of aromatic amines is 1. The molecule has 0 saturated carbocycles. The Bertz CT molecular complexity index is 468. The van der Waals surface area contributed by atoms with Crippen molar-refractivity contribution < 1.29 is 4.74 Å². The lowest BCUT2D eigenvalue weighted by Gasteiger charge is -2.07. The maximum Gasteiger partial charge on any atom is 0.118 e. The van der Waals surface area contributed by atoms with Gasteiger partial charge in [0.2, 0.25) is 0 Å². The fraction of sp³-hybridized carbons (Fsp3) is 0.308. The number of aromatic nitrogens is 2. The van der Waals surface area contributed by atoms with Crippen molar-refractivity contribution >= 4 is 5.69 Å². The smallest absolute Gasteiger partial charge is 0.118 e. The molecule has 17 heavy (non-hydrogen) atoms. The number of anilines is 1. The molecular formula is C13H17N3O. The molecule has 0 radical (unpaired) electrons. The molecule has 2 aromatic rings. The third kappa shape index (κ3) is 2.58. The Hall–Kier alpha value is -1.97. The zero-order valence-corrected chi connectivity index (χ0v) is 10.4. The van der Waals surface area contributed by atoms with Gasteiger partial charge in [-0.2, -0.15) is 5.10 Å². The minimum Gasteiger partial charge on any atom is -0.497 e. The summed E-state index contributed by atoms with van der Waals surface area (Å²) in [5.74, 6) is 0.879. The average Bonchev–Trinajstić information content (AvgIpc) is 2.67. The van der Waals surface area contributed by atoms with Gasteiger partial charge in [-0.25, -0.2) is 0 Å². The Morgan fingerprint density at radius 2 is 1.94 bits per heavy atom. The van der Waals surface area contributed by atoms with E-state index in [1.54, 1.807) is 7.11 Å². The number of nitrogens with one attached hydrogen (secondary N) is 2. The van der Waals surface area contributed by atoms with E-state index < -0.39 is 0 Å². The Kier molecular flexibility index (Phi) is 3.32. The van der Waals surface area contributed by atoms with E-state index in [0.29, 0.717) is 0 Å². The lowest BCUT2D eigenvalue weighted by atomic mass is 10.2. The minimum atomic E-state index is 0.783. The number of rotatable bonds is 4. The summed E-state index contributed by atoms with van der Waals surface area (Å²) < 4.78 is 5.12. The van der Waals surface area contributed by atoms with Crippen LogP contribution in [0.4, 0.5) is 5.69 Å². The quantitative estimate of drug-likeness (QED) is 0.850. The van der Waals surface area contributed by atoms with E-state index in [1.807, 2.05) is 26.0 Å². The van der Waals surface area contributed by atoms with Crippen LogP contribution < -0.4 is 10.1 Å². The summed E-state index contributed by atoms with van der Waals surface area (Å²) in [5.41, 5.74) is 4.36. The number of aryl methyl sites for hydroxylation is 2. The molecule has 0 atom stereocenters.